The van der Waals surface area contributed by atoms with E-state index in [2.05, 4.69) is 83.1 Å². The monoisotopic (exact) mass is 426 g/mol. The van der Waals surface area contributed by atoms with Gasteiger partial charge in [-0.2, -0.15) is 0 Å². The van der Waals surface area contributed by atoms with Crippen molar-refractivity contribution in [3.05, 3.63) is 0 Å². The first kappa shape index (κ1) is 33.2. The first-order valence-electron chi connectivity index (χ1n) is 12.1. The molecule has 0 nitrogen and oxygen atoms in total. The van der Waals surface area contributed by atoms with E-state index in [9.17, 15) is 0 Å². The number of hydrogen-bond acceptors (Lipinski definition) is 0. The molecule has 0 fully saturated rings. The van der Waals surface area contributed by atoms with Crippen molar-refractivity contribution in [2.45, 2.75) is 118 Å². The molecule has 3 atom stereocenters. The van der Waals surface area contributed by atoms with Gasteiger partial charge in [-0.05, 0) is 34.0 Å². The highest BCUT2D eigenvalue weighted by Crippen LogP contribution is 2.31. The zero-order valence-corrected chi connectivity index (χ0v) is 28.5. The Morgan fingerprint density at radius 3 is 0.593 bits per heavy atom. The van der Waals surface area contributed by atoms with Crippen LogP contribution >= 0.6 is 0 Å². The van der Waals surface area contributed by atoms with Gasteiger partial charge >= 0.3 is 0 Å². The van der Waals surface area contributed by atoms with Gasteiger partial charge in [0.05, 0.1) is 0 Å². The van der Waals surface area contributed by atoms with Gasteiger partial charge in [0.25, 0.3) is 0 Å². The van der Waals surface area contributed by atoms with Crippen molar-refractivity contribution >= 4 is 48.9 Å². The summed E-state index contributed by atoms with van der Waals surface area (Å²) in [6.45, 7) is 28.0. The minimum Gasteiger partial charge on any atom is -0.0980 e. The molecule has 27 heavy (non-hydrogen) atoms. The van der Waals surface area contributed by atoms with Gasteiger partial charge in [-0.25, -0.2) is 0 Å². The molecule has 0 rings (SSSR count). The number of hydrogen-bond donors (Lipinski definition) is 0. The van der Waals surface area contributed by atoms with Crippen LogP contribution in [0.15, 0.2) is 0 Å². The first-order valence-corrected chi connectivity index (χ1v) is 16.3. The lowest BCUT2D eigenvalue weighted by molar-refractivity contribution is 0.255. The molecular formula is C24H57Al3. The minimum atomic E-state index is 0.552. The zero-order valence-electron chi connectivity index (χ0n) is 22.5. The van der Waals surface area contributed by atoms with Gasteiger partial charge in [0.1, 0.15) is 0 Å². The third-order valence-corrected chi connectivity index (χ3v) is 9.59. The van der Waals surface area contributed by atoms with Crippen molar-refractivity contribution in [3.63, 3.8) is 0 Å². The van der Waals surface area contributed by atoms with Crippen molar-refractivity contribution in [2.75, 3.05) is 0 Å². The van der Waals surface area contributed by atoms with Crippen molar-refractivity contribution in [1.29, 1.82) is 0 Å². The third kappa shape index (κ3) is 18.1. The molecule has 162 valence electrons. The van der Waals surface area contributed by atoms with E-state index >= 15 is 0 Å². The molecule has 0 radical (unpaired) electrons. The molecule has 0 aliphatic heterocycles. The van der Waals surface area contributed by atoms with Gasteiger partial charge in [0.2, 0.25) is 48.9 Å². The van der Waals surface area contributed by atoms with E-state index < -0.39 is 0 Å². The molecule has 0 N–H and O–H groups in total. The fourth-order valence-corrected chi connectivity index (χ4v) is 9.95. The molecule has 0 aromatic heterocycles. The molecular weight excluding hydrogens is 369 g/mol. The highest BCUT2D eigenvalue weighted by molar-refractivity contribution is 6.09. The molecule has 0 heterocycles. The predicted molar refractivity (Wildman–Crippen MR) is 140 cm³/mol. The maximum Gasteiger partial charge on any atom is 0.212 e. The van der Waals surface area contributed by atoms with Crippen molar-refractivity contribution in [3.8, 4) is 0 Å². The Kier molecular flexibility index (Phi) is 20.1. The van der Waals surface area contributed by atoms with Crippen molar-refractivity contribution < 1.29 is 0 Å². The molecule has 0 amide bonds. The summed E-state index contributed by atoms with van der Waals surface area (Å²) in [5.41, 5.74) is 1.66. The smallest absolute Gasteiger partial charge is 0.0980 e. The maximum absolute atomic E-state index is 2.35. The topological polar surface area (TPSA) is 0 Å². The van der Waals surface area contributed by atoms with Gasteiger partial charge in [0, 0.05) is 0 Å². The van der Waals surface area contributed by atoms with E-state index in [1.54, 1.807) is 0 Å². The molecule has 0 aromatic carbocycles. The van der Waals surface area contributed by atoms with Gasteiger partial charge in [-0.15, -0.1) is 0 Å². The van der Waals surface area contributed by atoms with E-state index in [1.807, 2.05) is 0 Å². The van der Waals surface area contributed by atoms with Gasteiger partial charge in [0.15, 0.2) is 0 Å². The van der Waals surface area contributed by atoms with Crippen LogP contribution in [0, 0.1) is 34.0 Å². The second-order valence-corrected chi connectivity index (χ2v) is 14.1. The van der Waals surface area contributed by atoms with Crippen LogP contribution in [0.1, 0.15) is 102 Å². The molecule has 3 heteroatoms. The summed E-state index contributed by atoms with van der Waals surface area (Å²) < 4.78 is 0. The molecule has 0 saturated carbocycles. The average molecular weight is 427 g/mol. The summed E-state index contributed by atoms with van der Waals surface area (Å²) >= 11 is 4.09. The van der Waals surface area contributed by atoms with Crippen LogP contribution in [0.3, 0.4) is 0 Å². The fourth-order valence-electron chi connectivity index (χ4n) is 4.54. The van der Waals surface area contributed by atoms with Crippen LogP contribution in [0.5, 0.6) is 0 Å². The van der Waals surface area contributed by atoms with Gasteiger partial charge < -0.3 is 0 Å². The molecule has 0 saturated heterocycles. The van der Waals surface area contributed by atoms with E-state index in [4.69, 9.17) is 0 Å². The van der Waals surface area contributed by atoms with E-state index in [-0.39, 0.29) is 0 Å². The molecule has 0 aliphatic carbocycles. The van der Waals surface area contributed by atoms with Crippen molar-refractivity contribution in [1.82, 2.24) is 0 Å². The third-order valence-electron chi connectivity index (χ3n) is 6.63. The van der Waals surface area contributed by atoms with Crippen LogP contribution in [0.2, 0.25) is 15.8 Å². The SMILES string of the molecule is CCC([CH2][AlH2])C(C)(C)C.CCC([CH2][AlH2])C(C)(C)C.CCC([CH2][AlH2])C(C)(C)C. The second-order valence-electron chi connectivity index (χ2n) is 11.6. The Morgan fingerprint density at radius 2 is 0.593 bits per heavy atom. The highest BCUT2D eigenvalue weighted by Gasteiger charge is 2.21. The lowest BCUT2D eigenvalue weighted by Crippen LogP contribution is -2.18. The minimum absolute atomic E-state index is 0.552. The largest absolute Gasteiger partial charge is 0.212 e. The summed E-state index contributed by atoms with van der Waals surface area (Å²) in [6.07, 6.45) is 4.06. The Labute approximate surface area is 200 Å². The molecule has 3 unspecified atom stereocenters. The van der Waals surface area contributed by atoms with E-state index in [0.29, 0.717) is 16.2 Å². The van der Waals surface area contributed by atoms with E-state index in [0.717, 1.165) is 17.8 Å². The van der Waals surface area contributed by atoms with Crippen LogP contribution < -0.4 is 0 Å². The summed E-state index contributed by atoms with van der Waals surface area (Å²) in [4.78, 5) is 0. The molecule has 0 bridgehead atoms. The van der Waals surface area contributed by atoms with Crippen LogP contribution in [-0.4, -0.2) is 48.9 Å². The van der Waals surface area contributed by atoms with Crippen LogP contribution in [-0.2, 0) is 0 Å². The Bertz CT molecular complexity index is 254. The molecule has 0 aromatic rings. The number of rotatable bonds is 6. The van der Waals surface area contributed by atoms with Crippen LogP contribution in [0.4, 0.5) is 0 Å². The quantitative estimate of drug-likeness (QED) is 0.435. The van der Waals surface area contributed by atoms with Gasteiger partial charge in [-0.3, -0.25) is 0 Å². The summed E-state index contributed by atoms with van der Waals surface area (Å²) in [7, 11) is 0. The standard InChI is InChI=1S/3C8H17.3Al.6H/c3*1-6-7(2)8(3,4)5;;;;;;;;;/h3*7H,2,6H2,1,3-5H3;;;;;;;;;. The normalized spacial score (nSPS) is 15.6. The van der Waals surface area contributed by atoms with Crippen LogP contribution in [0.25, 0.3) is 0 Å². The molecule has 0 spiro atoms. The zero-order chi connectivity index (χ0) is 22.5. The lowest BCUT2D eigenvalue weighted by Gasteiger charge is -2.28. The maximum atomic E-state index is 2.35. The summed E-state index contributed by atoms with van der Waals surface area (Å²) in [5, 5.41) is 4.38. The average Bonchev–Trinajstić information content (AvgIpc) is 2.48. The van der Waals surface area contributed by atoms with E-state index in [1.165, 1.54) is 84.0 Å². The summed E-state index contributed by atoms with van der Waals surface area (Å²) in [6, 6.07) is 0. The Hall–Kier alpha value is 1.60. The van der Waals surface area contributed by atoms with Crippen molar-refractivity contribution in [2.24, 2.45) is 34.0 Å². The first-order chi connectivity index (χ1) is 12.1. The predicted octanol–water partition coefficient (Wildman–Crippen LogP) is 6.33. The second kappa shape index (κ2) is 16.3. The fraction of sp³-hybridized carbons (Fsp3) is 1.00. The molecule has 0 aliphatic rings. The lowest BCUT2D eigenvalue weighted by atomic mass is 9.80. The Balaban J connectivity index is -0.000000320. The Morgan fingerprint density at radius 1 is 0.444 bits per heavy atom. The highest BCUT2D eigenvalue weighted by atomic mass is 27.1. The summed E-state index contributed by atoms with van der Waals surface area (Å²) in [5.74, 6) is 2.89. The van der Waals surface area contributed by atoms with Gasteiger partial charge in [-0.1, -0.05) is 118 Å².